The van der Waals surface area contributed by atoms with Crippen LogP contribution in [0.5, 0.6) is 0 Å². The molecule has 4 nitrogen and oxygen atoms in total. The Hall–Kier alpha value is -0.130. The third-order valence-corrected chi connectivity index (χ3v) is 7.70. The minimum atomic E-state index is -2.88. The van der Waals surface area contributed by atoms with Crippen molar-refractivity contribution >= 4 is 9.84 Å². The van der Waals surface area contributed by atoms with E-state index in [-0.39, 0.29) is 10.8 Å². The Morgan fingerprint density at radius 3 is 2.60 bits per heavy atom. The van der Waals surface area contributed by atoms with Crippen molar-refractivity contribution in [3.05, 3.63) is 0 Å². The van der Waals surface area contributed by atoms with Gasteiger partial charge < -0.3 is 5.32 Å². The van der Waals surface area contributed by atoms with Gasteiger partial charge in [-0.15, -0.1) is 0 Å². The van der Waals surface area contributed by atoms with Crippen molar-refractivity contribution in [2.75, 3.05) is 25.9 Å². The Morgan fingerprint density at radius 2 is 1.95 bits per heavy atom. The van der Waals surface area contributed by atoms with Gasteiger partial charge >= 0.3 is 0 Å². The summed E-state index contributed by atoms with van der Waals surface area (Å²) in [5, 5.41) is 3.40. The number of rotatable bonds is 2. The predicted octanol–water partition coefficient (Wildman–Crippen LogP) is 1.27. The van der Waals surface area contributed by atoms with Gasteiger partial charge in [0.05, 0.1) is 5.25 Å². The first-order valence-corrected chi connectivity index (χ1v) is 9.92. The van der Waals surface area contributed by atoms with Crippen LogP contribution in [-0.4, -0.2) is 56.0 Å². The predicted molar refractivity (Wildman–Crippen MR) is 81.5 cm³/mol. The molecule has 1 N–H and O–H groups in total. The number of hydrogen-bond donors (Lipinski definition) is 1. The molecule has 3 aliphatic rings. The van der Waals surface area contributed by atoms with E-state index < -0.39 is 9.84 Å². The highest BCUT2D eigenvalue weighted by Crippen LogP contribution is 2.44. The van der Waals surface area contributed by atoms with Crippen LogP contribution in [0, 0.1) is 11.8 Å². The van der Waals surface area contributed by atoms with Crippen molar-refractivity contribution in [1.82, 2.24) is 10.2 Å². The van der Waals surface area contributed by atoms with E-state index in [1.807, 2.05) is 0 Å². The molecule has 0 bridgehead atoms. The Balaban J connectivity index is 1.76. The number of sulfone groups is 1. The molecule has 4 unspecified atom stereocenters. The van der Waals surface area contributed by atoms with E-state index in [4.69, 9.17) is 0 Å². The van der Waals surface area contributed by atoms with Gasteiger partial charge in [0.25, 0.3) is 0 Å². The van der Waals surface area contributed by atoms with Crippen molar-refractivity contribution in [2.24, 2.45) is 11.8 Å². The number of hydrogen-bond acceptors (Lipinski definition) is 4. The molecular weight excluding hydrogens is 272 g/mol. The molecule has 0 aromatic heterocycles. The van der Waals surface area contributed by atoms with Crippen molar-refractivity contribution in [2.45, 2.75) is 56.4 Å². The average molecular weight is 300 g/mol. The van der Waals surface area contributed by atoms with Crippen LogP contribution in [0.2, 0.25) is 0 Å². The van der Waals surface area contributed by atoms with E-state index in [0.29, 0.717) is 6.04 Å². The summed E-state index contributed by atoms with van der Waals surface area (Å²) < 4.78 is 23.8. The van der Waals surface area contributed by atoms with Gasteiger partial charge in [0.2, 0.25) is 0 Å². The number of nitrogens with zero attached hydrogens (tertiary/aromatic N) is 1. The van der Waals surface area contributed by atoms with Gasteiger partial charge in [-0.05, 0) is 51.5 Å². The fraction of sp³-hybridized carbons (Fsp3) is 1.00. The molecule has 0 aromatic rings. The minimum absolute atomic E-state index is 0.115. The summed E-state index contributed by atoms with van der Waals surface area (Å²) in [5.74, 6) is 1.48. The van der Waals surface area contributed by atoms with E-state index in [1.165, 1.54) is 12.7 Å². The molecule has 5 heteroatoms. The number of nitrogens with one attached hydrogen (secondary N) is 1. The summed E-state index contributed by atoms with van der Waals surface area (Å²) >= 11 is 0. The minimum Gasteiger partial charge on any atom is -0.316 e. The molecule has 0 amide bonds. The fourth-order valence-corrected chi connectivity index (χ4v) is 6.03. The third-order valence-electron chi connectivity index (χ3n) is 6.06. The largest absolute Gasteiger partial charge is 0.316 e. The molecule has 3 rings (SSSR count). The lowest BCUT2D eigenvalue weighted by Gasteiger charge is -2.44. The zero-order valence-electron chi connectivity index (χ0n) is 12.9. The molecule has 4 atom stereocenters. The molecule has 1 saturated carbocycles. The lowest BCUT2D eigenvalue weighted by Crippen LogP contribution is -2.52. The second kappa shape index (κ2) is 4.96. The highest BCUT2D eigenvalue weighted by atomic mass is 32.2. The molecule has 0 spiro atoms. The van der Waals surface area contributed by atoms with E-state index in [9.17, 15) is 8.42 Å². The van der Waals surface area contributed by atoms with E-state index in [2.05, 4.69) is 24.1 Å². The first-order valence-electron chi connectivity index (χ1n) is 7.96. The standard InChI is InChI=1S/C15H28N2O2S/c1-15(2)14-9-16-8-11(14)10-17(15)12-5-4-6-13(7-12)20(3,18)19/h11-14,16H,4-10H2,1-3H3. The monoisotopic (exact) mass is 300 g/mol. The fourth-order valence-electron chi connectivity index (χ4n) is 4.86. The quantitative estimate of drug-likeness (QED) is 0.834. The summed E-state index contributed by atoms with van der Waals surface area (Å²) in [4.78, 5) is 2.64. The van der Waals surface area contributed by atoms with Crippen LogP contribution in [-0.2, 0) is 9.84 Å². The number of fused-ring (bicyclic) bond motifs is 1. The van der Waals surface area contributed by atoms with Crippen molar-refractivity contribution in [3.63, 3.8) is 0 Å². The van der Waals surface area contributed by atoms with Crippen LogP contribution in [0.3, 0.4) is 0 Å². The zero-order chi connectivity index (χ0) is 14.5. The Morgan fingerprint density at radius 1 is 1.20 bits per heavy atom. The van der Waals surface area contributed by atoms with Crippen LogP contribution >= 0.6 is 0 Å². The molecule has 2 aliphatic heterocycles. The van der Waals surface area contributed by atoms with Gasteiger partial charge in [-0.1, -0.05) is 6.42 Å². The Bertz CT molecular complexity index is 474. The third kappa shape index (κ3) is 2.42. The second-order valence-electron chi connectivity index (χ2n) is 7.60. The van der Waals surface area contributed by atoms with Crippen LogP contribution in [0.1, 0.15) is 39.5 Å². The van der Waals surface area contributed by atoms with Crippen molar-refractivity contribution < 1.29 is 8.42 Å². The summed E-state index contributed by atoms with van der Waals surface area (Å²) in [5.41, 5.74) is 0.207. The molecule has 2 heterocycles. The highest BCUT2D eigenvalue weighted by molar-refractivity contribution is 7.91. The molecule has 0 radical (unpaired) electrons. The molecule has 20 heavy (non-hydrogen) atoms. The van der Waals surface area contributed by atoms with Gasteiger partial charge in [-0.2, -0.15) is 0 Å². The van der Waals surface area contributed by atoms with Crippen LogP contribution in [0.4, 0.5) is 0 Å². The lowest BCUT2D eigenvalue weighted by molar-refractivity contribution is 0.0688. The zero-order valence-corrected chi connectivity index (χ0v) is 13.7. The van der Waals surface area contributed by atoms with Crippen LogP contribution < -0.4 is 5.32 Å². The molecule has 116 valence electrons. The second-order valence-corrected chi connectivity index (χ2v) is 9.93. The smallest absolute Gasteiger partial charge is 0.150 e. The van der Waals surface area contributed by atoms with Gasteiger partial charge in [0.15, 0.2) is 0 Å². The maximum Gasteiger partial charge on any atom is 0.150 e. The molecule has 3 fully saturated rings. The van der Waals surface area contributed by atoms with Crippen LogP contribution in [0.15, 0.2) is 0 Å². The van der Waals surface area contributed by atoms with E-state index >= 15 is 0 Å². The first-order chi connectivity index (χ1) is 9.30. The highest BCUT2D eigenvalue weighted by Gasteiger charge is 2.52. The Labute approximate surface area is 123 Å². The average Bonchev–Trinajstić information content (AvgIpc) is 2.91. The molecule has 2 saturated heterocycles. The summed E-state index contributed by atoms with van der Waals surface area (Å²) in [6.07, 6.45) is 5.34. The van der Waals surface area contributed by atoms with E-state index in [1.54, 1.807) is 0 Å². The van der Waals surface area contributed by atoms with Gasteiger partial charge in [-0.25, -0.2) is 8.42 Å². The number of likely N-dealkylation sites (tertiary alicyclic amines) is 1. The van der Waals surface area contributed by atoms with Crippen molar-refractivity contribution in [3.8, 4) is 0 Å². The van der Waals surface area contributed by atoms with Crippen molar-refractivity contribution in [1.29, 1.82) is 0 Å². The van der Waals surface area contributed by atoms with Gasteiger partial charge in [0.1, 0.15) is 9.84 Å². The normalized spacial score (nSPS) is 41.8. The van der Waals surface area contributed by atoms with Gasteiger partial charge in [-0.3, -0.25) is 4.90 Å². The maximum absolute atomic E-state index is 11.9. The first kappa shape index (κ1) is 14.8. The molecular formula is C15H28N2O2S. The van der Waals surface area contributed by atoms with E-state index in [0.717, 1.165) is 50.7 Å². The Kier molecular flexibility index (Phi) is 3.67. The summed E-state index contributed by atoms with van der Waals surface area (Å²) in [7, 11) is -2.88. The summed E-state index contributed by atoms with van der Waals surface area (Å²) in [6.45, 7) is 8.11. The summed E-state index contributed by atoms with van der Waals surface area (Å²) in [6, 6.07) is 0.462. The van der Waals surface area contributed by atoms with Crippen LogP contribution in [0.25, 0.3) is 0 Å². The SMILES string of the molecule is CC1(C)C2CNCC2CN1C1CCCC(S(C)(=O)=O)C1. The van der Waals surface area contributed by atoms with Gasteiger partial charge in [0, 0.05) is 30.9 Å². The molecule has 0 aromatic carbocycles. The molecule has 1 aliphatic carbocycles. The maximum atomic E-state index is 11.9. The topological polar surface area (TPSA) is 49.4 Å². The lowest BCUT2D eigenvalue weighted by atomic mass is 9.83.